The van der Waals surface area contributed by atoms with E-state index >= 15 is 0 Å². The minimum atomic E-state index is -0.0842. The predicted octanol–water partition coefficient (Wildman–Crippen LogP) is 9.09. The summed E-state index contributed by atoms with van der Waals surface area (Å²) in [5.74, 6) is 0.723. The van der Waals surface area contributed by atoms with E-state index < -0.39 is 0 Å². The monoisotopic (exact) mass is 683 g/mol. The van der Waals surface area contributed by atoms with Crippen LogP contribution in [-0.2, 0) is 11.4 Å². The molecule has 1 aliphatic rings. The molecule has 4 aromatic rings. The van der Waals surface area contributed by atoms with Crippen LogP contribution in [0.1, 0.15) is 22.5 Å². The van der Waals surface area contributed by atoms with Crippen LogP contribution in [0.25, 0.3) is 11.8 Å². The molecule has 0 radical (unpaired) electrons. The second-order valence-corrected chi connectivity index (χ2v) is 12.2. The van der Waals surface area contributed by atoms with Crippen molar-refractivity contribution in [2.24, 2.45) is 4.99 Å². The molecule has 39 heavy (non-hydrogen) atoms. The van der Waals surface area contributed by atoms with Gasteiger partial charge in [-0.3, -0.25) is 9.69 Å². The van der Waals surface area contributed by atoms with Crippen molar-refractivity contribution >= 4 is 78.1 Å². The number of thioether (sulfide) groups is 1. The summed E-state index contributed by atoms with van der Waals surface area (Å²) < 4.78 is 9.99. The van der Waals surface area contributed by atoms with E-state index in [1.807, 2.05) is 66.7 Å². The Morgan fingerprint density at radius 2 is 1.72 bits per heavy atom. The normalized spacial score (nSPS) is 15.5. The quantitative estimate of drug-likeness (QED) is 0.190. The smallest absolute Gasteiger partial charge is 0.266 e. The van der Waals surface area contributed by atoms with E-state index in [-0.39, 0.29) is 5.91 Å². The number of aromatic nitrogens is 1. The van der Waals surface area contributed by atoms with Crippen LogP contribution in [0, 0.1) is 13.8 Å². The minimum absolute atomic E-state index is 0.0842. The van der Waals surface area contributed by atoms with Crippen molar-refractivity contribution < 1.29 is 9.53 Å². The second kappa shape index (κ2) is 11.8. The fourth-order valence-electron chi connectivity index (χ4n) is 4.23. The van der Waals surface area contributed by atoms with Gasteiger partial charge in [-0.15, -0.1) is 0 Å². The van der Waals surface area contributed by atoms with Gasteiger partial charge in [-0.1, -0.05) is 39.7 Å². The van der Waals surface area contributed by atoms with Gasteiger partial charge in [0.2, 0.25) is 0 Å². The summed E-state index contributed by atoms with van der Waals surface area (Å²) >= 11 is 14.4. The first-order valence-corrected chi connectivity index (χ1v) is 14.9. The number of carbonyl (C=O) groups is 1. The van der Waals surface area contributed by atoms with Gasteiger partial charge in [0, 0.05) is 33.1 Å². The molecule has 198 valence electrons. The molecule has 5 nitrogen and oxygen atoms in total. The molecule has 1 amide bonds. The van der Waals surface area contributed by atoms with Gasteiger partial charge in [-0.2, -0.15) is 0 Å². The molecule has 1 saturated heterocycles. The average Bonchev–Trinajstić information content (AvgIpc) is 3.35. The van der Waals surface area contributed by atoms with Crippen LogP contribution < -0.4 is 4.74 Å². The zero-order valence-corrected chi connectivity index (χ0v) is 26.2. The van der Waals surface area contributed by atoms with E-state index in [1.165, 1.54) is 11.8 Å². The number of rotatable bonds is 6. The summed E-state index contributed by atoms with van der Waals surface area (Å²) in [6, 6.07) is 23.7. The number of aliphatic imine (C=N–C) groups is 1. The third-order valence-electron chi connectivity index (χ3n) is 6.30. The number of nitrogens with zero attached hydrogens (tertiary/aromatic N) is 3. The van der Waals surface area contributed by atoms with E-state index in [0.717, 1.165) is 42.9 Å². The van der Waals surface area contributed by atoms with Gasteiger partial charge in [0.25, 0.3) is 5.91 Å². The molecule has 0 unspecified atom stereocenters. The molecule has 3 aromatic carbocycles. The number of likely N-dealkylation sites (N-methyl/N-ethyl adjacent to an activating group) is 1. The molecule has 0 N–H and O–H groups in total. The molecule has 1 aliphatic heterocycles. The number of hydrogen-bond acceptors (Lipinski definition) is 4. The van der Waals surface area contributed by atoms with E-state index in [1.54, 1.807) is 18.0 Å². The number of halogens is 3. The van der Waals surface area contributed by atoms with Gasteiger partial charge >= 0.3 is 0 Å². The van der Waals surface area contributed by atoms with Crippen molar-refractivity contribution in [2.45, 2.75) is 20.5 Å². The molecule has 1 fully saturated rings. The first kappa shape index (κ1) is 27.8. The van der Waals surface area contributed by atoms with Crippen LogP contribution in [0.2, 0.25) is 5.02 Å². The fourth-order valence-corrected chi connectivity index (χ4v) is 5.89. The Balaban J connectivity index is 1.34. The van der Waals surface area contributed by atoms with Gasteiger partial charge in [0.15, 0.2) is 5.17 Å². The fraction of sp³-hybridized carbons (Fsp3) is 0.133. The lowest BCUT2D eigenvalue weighted by Gasteiger charge is -2.12. The molecule has 0 bridgehead atoms. The van der Waals surface area contributed by atoms with Crippen LogP contribution in [-0.4, -0.2) is 27.6 Å². The zero-order chi connectivity index (χ0) is 27.7. The molecule has 9 heteroatoms. The maximum Gasteiger partial charge on any atom is 0.266 e. The van der Waals surface area contributed by atoms with Crippen molar-refractivity contribution in [2.75, 3.05) is 7.05 Å². The first-order chi connectivity index (χ1) is 18.7. The van der Waals surface area contributed by atoms with E-state index in [2.05, 4.69) is 61.3 Å². The topological polar surface area (TPSA) is 46.8 Å². The second-order valence-electron chi connectivity index (χ2n) is 9.04. The number of ether oxygens (including phenoxy) is 1. The Bertz CT molecular complexity index is 1610. The lowest BCUT2D eigenvalue weighted by molar-refractivity contribution is -0.121. The van der Waals surface area contributed by atoms with E-state index in [9.17, 15) is 4.79 Å². The summed E-state index contributed by atoms with van der Waals surface area (Å²) in [7, 11) is 1.74. The number of carbonyl (C=O) groups excluding carboxylic acids is 1. The lowest BCUT2D eigenvalue weighted by Crippen LogP contribution is -2.23. The summed E-state index contributed by atoms with van der Waals surface area (Å²) in [5.41, 5.74) is 5.93. The van der Waals surface area contributed by atoms with Crippen molar-refractivity contribution in [1.29, 1.82) is 0 Å². The molecular formula is C30H24Br2ClN3O2S. The number of amides is 1. The Kier molecular flexibility index (Phi) is 8.38. The molecule has 0 atom stereocenters. The first-order valence-electron chi connectivity index (χ1n) is 12.1. The standard InChI is InChI=1S/C30H24Br2ClN3O2S/c1-18-14-21(15-28-29(37)35(3)30(39-28)34-23-8-13-26(32)27(33)16-23)19(2)36(18)24-9-11-25(12-10-24)38-17-20-4-6-22(31)7-5-20/h4-16H,17H2,1-3H3/b28-15+,34-30?. The summed E-state index contributed by atoms with van der Waals surface area (Å²) in [4.78, 5) is 19.9. The third-order valence-corrected chi connectivity index (χ3v) is 9.12. The third kappa shape index (κ3) is 6.19. The molecule has 0 spiro atoms. The van der Waals surface area contributed by atoms with Crippen molar-refractivity contribution in [3.63, 3.8) is 0 Å². The van der Waals surface area contributed by atoms with Gasteiger partial charge in [-0.05, 0) is 119 Å². The highest BCUT2D eigenvalue weighted by molar-refractivity contribution is 9.10. The van der Waals surface area contributed by atoms with Crippen LogP contribution in [0.5, 0.6) is 5.75 Å². The van der Waals surface area contributed by atoms with E-state index in [4.69, 9.17) is 16.3 Å². The summed E-state index contributed by atoms with van der Waals surface area (Å²) in [6.07, 6.45) is 1.94. The molecule has 1 aromatic heterocycles. The molecular weight excluding hydrogens is 662 g/mol. The average molecular weight is 686 g/mol. The van der Waals surface area contributed by atoms with Crippen molar-refractivity contribution in [3.8, 4) is 11.4 Å². The molecule has 0 saturated carbocycles. The van der Waals surface area contributed by atoms with Gasteiger partial charge in [0.1, 0.15) is 12.4 Å². The lowest BCUT2D eigenvalue weighted by atomic mass is 10.2. The van der Waals surface area contributed by atoms with Gasteiger partial charge in [0.05, 0.1) is 15.6 Å². The minimum Gasteiger partial charge on any atom is -0.489 e. The van der Waals surface area contributed by atoms with E-state index in [0.29, 0.717) is 27.4 Å². The van der Waals surface area contributed by atoms with Crippen LogP contribution in [0.4, 0.5) is 5.69 Å². The van der Waals surface area contributed by atoms with Gasteiger partial charge < -0.3 is 9.30 Å². The molecule has 0 aliphatic carbocycles. The van der Waals surface area contributed by atoms with Crippen molar-refractivity contribution in [3.05, 3.63) is 114 Å². The summed E-state index contributed by atoms with van der Waals surface area (Å²) in [6.45, 7) is 4.63. The maximum atomic E-state index is 13.0. The highest BCUT2D eigenvalue weighted by atomic mass is 79.9. The van der Waals surface area contributed by atoms with Crippen LogP contribution in [0.3, 0.4) is 0 Å². The SMILES string of the molecule is Cc1cc(/C=C2/SC(=Nc3ccc(Br)c(Cl)c3)N(C)C2=O)c(C)n1-c1ccc(OCc2ccc(Br)cc2)cc1. The Hall–Kier alpha value is -2.78. The number of hydrogen-bond donors (Lipinski definition) is 0. The zero-order valence-electron chi connectivity index (χ0n) is 21.4. The Morgan fingerprint density at radius 3 is 2.41 bits per heavy atom. The van der Waals surface area contributed by atoms with Crippen LogP contribution >= 0.6 is 55.2 Å². The highest BCUT2D eigenvalue weighted by Gasteiger charge is 2.30. The maximum absolute atomic E-state index is 13.0. The highest BCUT2D eigenvalue weighted by Crippen LogP contribution is 2.36. The van der Waals surface area contributed by atoms with Crippen LogP contribution in [0.15, 0.2) is 91.6 Å². The molecule has 5 rings (SSSR count). The summed E-state index contributed by atoms with van der Waals surface area (Å²) in [5, 5.41) is 1.18. The number of amidine groups is 1. The predicted molar refractivity (Wildman–Crippen MR) is 168 cm³/mol. The largest absolute Gasteiger partial charge is 0.489 e. The number of benzene rings is 3. The number of aryl methyl sites for hydroxylation is 1. The van der Waals surface area contributed by atoms with Crippen molar-refractivity contribution in [1.82, 2.24) is 9.47 Å². The Labute approximate surface area is 253 Å². The molecule has 2 heterocycles. The Morgan fingerprint density at radius 1 is 1.00 bits per heavy atom. The van der Waals surface area contributed by atoms with Gasteiger partial charge in [-0.25, -0.2) is 4.99 Å².